The first-order chi connectivity index (χ1) is 17.1. The first-order valence-electron chi connectivity index (χ1n) is 12.1. The van der Waals surface area contributed by atoms with Gasteiger partial charge >= 0.3 is 5.97 Å². The van der Waals surface area contributed by atoms with E-state index in [4.69, 9.17) is 9.47 Å². The quantitative estimate of drug-likeness (QED) is 0.287. The number of hydrogen-bond acceptors (Lipinski definition) is 5. The van der Waals surface area contributed by atoms with Crippen LogP contribution in [0, 0.1) is 16.0 Å². The zero-order valence-corrected chi connectivity index (χ0v) is 20.9. The minimum atomic E-state index is -1.00. The van der Waals surface area contributed by atoms with Gasteiger partial charge in [0, 0.05) is 18.1 Å². The Hall–Kier alpha value is -3.87. The number of carbonyl (C=O) groups is 1. The summed E-state index contributed by atoms with van der Waals surface area (Å²) >= 11 is 0. The molecule has 0 radical (unpaired) electrons. The number of nitro groups is 1. The Bertz CT molecular complexity index is 1250. The Morgan fingerprint density at radius 1 is 1.08 bits per heavy atom. The third-order valence-corrected chi connectivity index (χ3v) is 6.54. The fourth-order valence-corrected chi connectivity index (χ4v) is 5.07. The minimum Gasteiger partial charge on any atom is -0.488 e. The third-order valence-electron chi connectivity index (χ3n) is 6.54. The van der Waals surface area contributed by atoms with Crippen molar-refractivity contribution >= 4 is 11.7 Å². The van der Waals surface area contributed by atoms with Crippen LogP contribution in [0.2, 0.25) is 0 Å². The van der Waals surface area contributed by atoms with Gasteiger partial charge in [-0.3, -0.25) is 14.9 Å². The summed E-state index contributed by atoms with van der Waals surface area (Å²) in [5.74, 6) is -1.18. The summed E-state index contributed by atoms with van der Waals surface area (Å²) in [7, 11) is 0. The second-order valence-corrected chi connectivity index (χ2v) is 10.2. The van der Waals surface area contributed by atoms with Gasteiger partial charge < -0.3 is 14.6 Å². The molecule has 2 unspecified atom stereocenters. The largest absolute Gasteiger partial charge is 0.488 e. The molecule has 0 bridgehead atoms. The predicted molar refractivity (Wildman–Crippen MR) is 137 cm³/mol. The average molecular weight is 490 g/mol. The molecule has 0 amide bonds. The molecule has 0 fully saturated rings. The molecular weight excluding hydrogens is 458 g/mol. The summed E-state index contributed by atoms with van der Waals surface area (Å²) in [6.45, 7) is 8.25. The van der Waals surface area contributed by atoms with E-state index in [1.807, 2.05) is 56.3 Å². The number of fused-ring (bicyclic) bond motifs is 1. The molecule has 1 aliphatic heterocycles. The third kappa shape index (κ3) is 5.20. The van der Waals surface area contributed by atoms with Crippen molar-refractivity contribution in [2.45, 2.75) is 58.2 Å². The lowest BCUT2D eigenvalue weighted by Gasteiger charge is -2.44. The van der Waals surface area contributed by atoms with Gasteiger partial charge in [0.2, 0.25) is 0 Å². The molecule has 0 spiro atoms. The van der Waals surface area contributed by atoms with Crippen LogP contribution in [0.15, 0.2) is 66.7 Å². The molecule has 0 saturated heterocycles. The van der Waals surface area contributed by atoms with Gasteiger partial charge in [-0.1, -0.05) is 56.3 Å². The van der Waals surface area contributed by atoms with Gasteiger partial charge in [-0.2, -0.15) is 0 Å². The zero-order chi connectivity index (χ0) is 26.0. The lowest BCUT2D eigenvalue weighted by atomic mass is 9.70. The molecule has 4 rings (SSSR count). The molecule has 1 N–H and O–H groups in total. The fraction of sp³-hybridized carbons (Fsp3) is 0.345. The smallest absolute Gasteiger partial charge is 0.312 e. The van der Waals surface area contributed by atoms with Crippen LogP contribution in [0.4, 0.5) is 5.69 Å². The number of rotatable bonds is 8. The van der Waals surface area contributed by atoms with E-state index < -0.39 is 28.3 Å². The highest BCUT2D eigenvalue weighted by atomic mass is 16.6. The van der Waals surface area contributed by atoms with Crippen molar-refractivity contribution in [3.63, 3.8) is 0 Å². The van der Waals surface area contributed by atoms with Gasteiger partial charge in [0.25, 0.3) is 5.69 Å². The molecule has 1 aliphatic rings. The van der Waals surface area contributed by atoms with Crippen LogP contribution in [0.25, 0.3) is 0 Å². The van der Waals surface area contributed by atoms with Crippen LogP contribution in [0.5, 0.6) is 11.5 Å². The van der Waals surface area contributed by atoms with E-state index in [1.165, 1.54) is 12.1 Å². The van der Waals surface area contributed by atoms with Crippen LogP contribution in [0.1, 0.15) is 61.8 Å². The Morgan fingerprint density at radius 3 is 2.33 bits per heavy atom. The van der Waals surface area contributed by atoms with Crippen molar-refractivity contribution in [1.82, 2.24) is 0 Å². The van der Waals surface area contributed by atoms with Gasteiger partial charge in [0.05, 0.1) is 16.4 Å². The first-order valence-corrected chi connectivity index (χ1v) is 12.1. The molecular formula is C29H31NO6. The number of benzene rings is 3. The maximum absolute atomic E-state index is 12.8. The Kier molecular flexibility index (Phi) is 7.02. The highest BCUT2D eigenvalue weighted by Gasteiger charge is 2.49. The van der Waals surface area contributed by atoms with Crippen LogP contribution < -0.4 is 9.47 Å². The average Bonchev–Trinajstić information content (AvgIpc) is 2.81. The van der Waals surface area contributed by atoms with E-state index >= 15 is 0 Å². The summed E-state index contributed by atoms with van der Waals surface area (Å²) in [6, 6.07) is 19.6. The fourth-order valence-electron chi connectivity index (χ4n) is 5.07. The Labute approximate surface area is 210 Å². The van der Waals surface area contributed by atoms with Gasteiger partial charge in [-0.15, -0.1) is 0 Å². The molecule has 2 atom stereocenters. The number of carboxylic acids is 1. The van der Waals surface area contributed by atoms with Crippen molar-refractivity contribution in [2.75, 3.05) is 0 Å². The van der Waals surface area contributed by atoms with E-state index in [0.29, 0.717) is 28.5 Å². The number of nitrogens with zero attached hydrogens (tertiary/aromatic N) is 1. The normalized spacial score (nSPS) is 18.2. The van der Waals surface area contributed by atoms with Gasteiger partial charge in [0.1, 0.15) is 23.7 Å². The van der Waals surface area contributed by atoms with Crippen molar-refractivity contribution in [3.8, 4) is 11.5 Å². The van der Waals surface area contributed by atoms with Crippen molar-refractivity contribution in [2.24, 2.45) is 5.92 Å². The second-order valence-electron chi connectivity index (χ2n) is 10.2. The molecule has 36 heavy (non-hydrogen) atoms. The van der Waals surface area contributed by atoms with Crippen molar-refractivity contribution < 1.29 is 24.3 Å². The summed E-state index contributed by atoms with van der Waals surface area (Å²) in [6.07, 6.45) is 0.794. The lowest BCUT2D eigenvalue weighted by Crippen LogP contribution is -2.45. The van der Waals surface area contributed by atoms with E-state index in [-0.39, 0.29) is 12.3 Å². The molecule has 0 saturated carbocycles. The maximum Gasteiger partial charge on any atom is 0.312 e. The molecule has 7 nitrogen and oxygen atoms in total. The molecule has 1 heterocycles. The monoisotopic (exact) mass is 489 g/mol. The molecule has 3 aromatic rings. The van der Waals surface area contributed by atoms with Crippen LogP contribution in [0.3, 0.4) is 0 Å². The van der Waals surface area contributed by atoms with E-state index in [2.05, 4.69) is 13.8 Å². The number of carboxylic acid groups (broad SMARTS) is 1. The topological polar surface area (TPSA) is 98.9 Å². The second kappa shape index (κ2) is 10.0. The molecule has 188 valence electrons. The van der Waals surface area contributed by atoms with E-state index in [1.54, 1.807) is 12.1 Å². The van der Waals surface area contributed by atoms with Crippen LogP contribution >= 0.6 is 0 Å². The summed E-state index contributed by atoms with van der Waals surface area (Å²) in [5.41, 5.74) is 2.19. The number of nitro benzene ring substituents is 1. The highest BCUT2D eigenvalue weighted by Crippen LogP contribution is 2.54. The SMILES string of the molecule is CC(C)Cc1cc(OCc2ccccc2)c2c(c1)OC(C)(C)C(c1ccc([N+](=O)[O-])cc1)C2C(=O)O. The van der Waals surface area contributed by atoms with E-state index in [0.717, 1.165) is 17.5 Å². The minimum absolute atomic E-state index is 0.0502. The maximum atomic E-state index is 12.8. The Balaban J connectivity index is 1.84. The van der Waals surface area contributed by atoms with Gasteiger partial charge in [-0.05, 0) is 55.0 Å². The molecule has 3 aromatic carbocycles. The van der Waals surface area contributed by atoms with Crippen molar-refractivity contribution in [1.29, 1.82) is 0 Å². The zero-order valence-electron chi connectivity index (χ0n) is 20.9. The first kappa shape index (κ1) is 25.2. The highest BCUT2D eigenvalue weighted by molar-refractivity contribution is 5.81. The number of ether oxygens (including phenoxy) is 2. The standard InChI is InChI=1S/C29H31NO6/c1-18(2)14-20-15-23(35-17-19-8-6-5-7-9-19)25-24(16-20)36-29(3,4)27(26(25)28(31)32)21-10-12-22(13-11-21)30(33)34/h5-13,15-16,18,26-27H,14,17H2,1-4H3,(H,31,32). The van der Waals surface area contributed by atoms with Crippen LogP contribution in [-0.2, 0) is 17.8 Å². The molecule has 7 heteroatoms. The number of hydrogen-bond donors (Lipinski definition) is 1. The number of aliphatic carboxylic acids is 1. The van der Waals surface area contributed by atoms with Crippen molar-refractivity contribution in [3.05, 3.63) is 99.1 Å². The lowest BCUT2D eigenvalue weighted by molar-refractivity contribution is -0.384. The summed E-state index contributed by atoms with van der Waals surface area (Å²) in [5, 5.41) is 21.7. The molecule has 0 aliphatic carbocycles. The Morgan fingerprint density at radius 2 is 1.75 bits per heavy atom. The number of non-ortho nitro benzene ring substituents is 1. The summed E-state index contributed by atoms with van der Waals surface area (Å²) in [4.78, 5) is 23.5. The van der Waals surface area contributed by atoms with Gasteiger partial charge in [-0.25, -0.2) is 0 Å². The van der Waals surface area contributed by atoms with Crippen LogP contribution in [-0.4, -0.2) is 21.6 Å². The summed E-state index contributed by atoms with van der Waals surface area (Å²) < 4.78 is 12.7. The van der Waals surface area contributed by atoms with Gasteiger partial charge in [0.15, 0.2) is 0 Å². The van der Waals surface area contributed by atoms with E-state index in [9.17, 15) is 20.0 Å². The molecule has 0 aromatic heterocycles. The predicted octanol–water partition coefficient (Wildman–Crippen LogP) is 6.50.